The SMILES string of the molecule is CCCCC1CCCCCCCCCC1. The van der Waals surface area contributed by atoms with Gasteiger partial charge in [0.15, 0.2) is 0 Å². The quantitative estimate of drug-likeness (QED) is 0.560. The summed E-state index contributed by atoms with van der Waals surface area (Å²) in [5.74, 6) is 1.07. The van der Waals surface area contributed by atoms with Gasteiger partial charge in [-0.25, -0.2) is 0 Å². The Morgan fingerprint density at radius 3 is 1.67 bits per heavy atom. The van der Waals surface area contributed by atoms with Gasteiger partial charge < -0.3 is 0 Å². The summed E-state index contributed by atoms with van der Waals surface area (Å²) in [5.41, 5.74) is 0. The van der Waals surface area contributed by atoms with E-state index in [1.54, 1.807) is 0 Å². The van der Waals surface area contributed by atoms with Crippen molar-refractivity contribution in [2.75, 3.05) is 0 Å². The molecule has 15 heavy (non-hydrogen) atoms. The molecule has 90 valence electrons. The van der Waals surface area contributed by atoms with Crippen molar-refractivity contribution in [3.8, 4) is 0 Å². The van der Waals surface area contributed by atoms with Gasteiger partial charge in [-0.2, -0.15) is 0 Å². The van der Waals surface area contributed by atoms with Crippen molar-refractivity contribution < 1.29 is 0 Å². The van der Waals surface area contributed by atoms with Crippen molar-refractivity contribution in [1.82, 2.24) is 0 Å². The lowest BCUT2D eigenvalue weighted by molar-refractivity contribution is 0.378. The van der Waals surface area contributed by atoms with Crippen LogP contribution in [-0.4, -0.2) is 0 Å². The fraction of sp³-hybridized carbons (Fsp3) is 1.00. The van der Waals surface area contributed by atoms with Crippen molar-refractivity contribution in [2.24, 2.45) is 5.92 Å². The maximum Gasteiger partial charge on any atom is -0.0414 e. The van der Waals surface area contributed by atoms with E-state index in [0.717, 1.165) is 5.92 Å². The highest BCUT2D eigenvalue weighted by Crippen LogP contribution is 2.24. The zero-order valence-corrected chi connectivity index (χ0v) is 10.8. The summed E-state index contributed by atoms with van der Waals surface area (Å²) in [6.07, 6.45) is 19.4. The molecule has 0 heterocycles. The highest BCUT2D eigenvalue weighted by atomic mass is 14.1. The number of hydrogen-bond acceptors (Lipinski definition) is 0. The van der Waals surface area contributed by atoms with Crippen LogP contribution in [0.1, 0.15) is 90.4 Å². The average molecular weight is 210 g/mol. The van der Waals surface area contributed by atoms with Crippen LogP contribution in [-0.2, 0) is 0 Å². The topological polar surface area (TPSA) is 0 Å². The van der Waals surface area contributed by atoms with Gasteiger partial charge in [-0.15, -0.1) is 0 Å². The molecule has 0 heteroatoms. The summed E-state index contributed by atoms with van der Waals surface area (Å²) in [5, 5.41) is 0. The van der Waals surface area contributed by atoms with Gasteiger partial charge in [-0.3, -0.25) is 0 Å². The first-order chi connectivity index (χ1) is 7.43. The number of unbranched alkanes of at least 4 members (excludes halogenated alkanes) is 1. The van der Waals surface area contributed by atoms with E-state index in [1.807, 2.05) is 0 Å². The van der Waals surface area contributed by atoms with Crippen LogP contribution in [0, 0.1) is 5.92 Å². The summed E-state index contributed by atoms with van der Waals surface area (Å²) in [6.45, 7) is 2.32. The fourth-order valence-corrected chi connectivity index (χ4v) is 2.85. The molecule has 0 atom stereocenters. The zero-order chi connectivity index (χ0) is 10.8. The molecule has 1 saturated carbocycles. The largest absolute Gasteiger partial charge is 0.0654 e. The summed E-state index contributed by atoms with van der Waals surface area (Å²) in [7, 11) is 0. The van der Waals surface area contributed by atoms with Gasteiger partial charge in [-0.1, -0.05) is 90.4 Å². The van der Waals surface area contributed by atoms with E-state index < -0.39 is 0 Å². The molecule has 1 fully saturated rings. The highest BCUT2D eigenvalue weighted by Gasteiger charge is 2.08. The second-order valence-corrected chi connectivity index (χ2v) is 5.41. The van der Waals surface area contributed by atoms with Crippen LogP contribution in [0.15, 0.2) is 0 Å². The van der Waals surface area contributed by atoms with Gasteiger partial charge in [0.2, 0.25) is 0 Å². The van der Waals surface area contributed by atoms with Gasteiger partial charge in [0.05, 0.1) is 0 Å². The van der Waals surface area contributed by atoms with Gasteiger partial charge in [0.1, 0.15) is 0 Å². The van der Waals surface area contributed by atoms with Crippen LogP contribution in [0.3, 0.4) is 0 Å². The lowest BCUT2D eigenvalue weighted by Gasteiger charge is -2.15. The number of rotatable bonds is 3. The number of hydrogen-bond donors (Lipinski definition) is 0. The highest BCUT2D eigenvalue weighted by molar-refractivity contribution is 4.62. The molecule has 0 aliphatic heterocycles. The van der Waals surface area contributed by atoms with Gasteiger partial charge in [0, 0.05) is 0 Å². The lowest BCUT2D eigenvalue weighted by atomic mass is 9.91. The van der Waals surface area contributed by atoms with E-state index in [9.17, 15) is 0 Å². The second kappa shape index (κ2) is 9.24. The summed E-state index contributed by atoms with van der Waals surface area (Å²) >= 11 is 0. The van der Waals surface area contributed by atoms with E-state index in [1.165, 1.54) is 83.5 Å². The molecule has 0 aromatic rings. The third-order valence-corrected chi connectivity index (χ3v) is 3.94. The predicted molar refractivity (Wildman–Crippen MR) is 69.2 cm³/mol. The Morgan fingerprint density at radius 1 is 0.733 bits per heavy atom. The summed E-state index contributed by atoms with van der Waals surface area (Å²) in [4.78, 5) is 0. The molecule has 0 saturated heterocycles. The van der Waals surface area contributed by atoms with Gasteiger partial charge in [0.25, 0.3) is 0 Å². The van der Waals surface area contributed by atoms with Gasteiger partial charge in [-0.05, 0) is 5.92 Å². The first-order valence-electron chi connectivity index (χ1n) is 7.43. The minimum absolute atomic E-state index is 1.07. The molecule has 0 unspecified atom stereocenters. The maximum absolute atomic E-state index is 2.32. The third-order valence-electron chi connectivity index (χ3n) is 3.94. The maximum atomic E-state index is 2.32. The van der Waals surface area contributed by atoms with E-state index in [4.69, 9.17) is 0 Å². The van der Waals surface area contributed by atoms with Crippen molar-refractivity contribution in [1.29, 1.82) is 0 Å². The Labute approximate surface area is 96.8 Å². The smallest absolute Gasteiger partial charge is 0.0414 e. The molecule has 1 aliphatic carbocycles. The average Bonchev–Trinajstić information content (AvgIpc) is 2.31. The standard InChI is InChI=1S/C15H30/c1-2-3-12-15-13-10-8-6-4-5-7-9-11-14-15/h15H,2-14H2,1H3. The Balaban J connectivity index is 2.19. The Hall–Kier alpha value is 0. The molecule has 0 aromatic heterocycles. The van der Waals surface area contributed by atoms with E-state index in [2.05, 4.69) is 6.92 Å². The molecule has 0 aromatic carbocycles. The van der Waals surface area contributed by atoms with Crippen molar-refractivity contribution in [3.05, 3.63) is 0 Å². The monoisotopic (exact) mass is 210 g/mol. The first-order valence-corrected chi connectivity index (χ1v) is 7.43. The van der Waals surface area contributed by atoms with Crippen LogP contribution in [0.5, 0.6) is 0 Å². The predicted octanol–water partition coefficient (Wildman–Crippen LogP) is 5.71. The van der Waals surface area contributed by atoms with Crippen LogP contribution in [0.25, 0.3) is 0 Å². The second-order valence-electron chi connectivity index (χ2n) is 5.41. The molecule has 0 spiro atoms. The van der Waals surface area contributed by atoms with Crippen molar-refractivity contribution >= 4 is 0 Å². The molecule has 1 aliphatic rings. The Bertz CT molecular complexity index is 116. The molecule has 1 rings (SSSR count). The van der Waals surface area contributed by atoms with Gasteiger partial charge >= 0.3 is 0 Å². The minimum Gasteiger partial charge on any atom is -0.0654 e. The molecular formula is C15H30. The molecule has 0 nitrogen and oxygen atoms in total. The molecule has 0 radical (unpaired) electrons. The van der Waals surface area contributed by atoms with Crippen LogP contribution in [0.4, 0.5) is 0 Å². The van der Waals surface area contributed by atoms with E-state index in [-0.39, 0.29) is 0 Å². The van der Waals surface area contributed by atoms with E-state index in [0.29, 0.717) is 0 Å². The summed E-state index contributed by atoms with van der Waals surface area (Å²) < 4.78 is 0. The zero-order valence-electron chi connectivity index (χ0n) is 10.8. The van der Waals surface area contributed by atoms with E-state index >= 15 is 0 Å². The normalized spacial score (nSPS) is 22.2. The Morgan fingerprint density at radius 2 is 1.20 bits per heavy atom. The fourth-order valence-electron chi connectivity index (χ4n) is 2.85. The first kappa shape index (κ1) is 13.1. The molecule has 0 N–H and O–H groups in total. The van der Waals surface area contributed by atoms with Crippen LogP contribution in [0.2, 0.25) is 0 Å². The van der Waals surface area contributed by atoms with Crippen LogP contribution >= 0.6 is 0 Å². The minimum atomic E-state index is 1.07. The third kappa shape index (κ3) is 6.98. The van der Waals surface area contributed by atoms with Crippen molar-refractivity contribution in [3.63, 3.8) is 0 Å². The molecular weight excluding hydrogens is 180 g/mol. The molecule has 0 amide bonds. The van der Waals surface area contributed by atoms with Crippen LogP contribution < -0.4 is 0 Å². The lowest BCUT2D eigenvalue weighted by Crippen LogP contribution is -2.00. The molecule has 0 bridgehead atoms. The summed E-state index contributed by atoms with van der Waals surface area (Å²) in [6, 6.07) is 0. The van der Waals surface area contributed by atoms with Crippen molar-refractivity contribution in [2.45, 2.75) is 90.4 Å². The Kier molecular flexibility index (Phi) is 8.05.